The molecule has 114 valence electrons. The molecule has 2 rings (SSSR count). The van der Waals surface area contributed by atoms with E-state index in [-0.39, 0.29) is 11.3 Å². The maximum absolute atomic E-state index is 12.4. The number of nitrogens with zero attached hydrogens (tertiary/aromatic N) is 1. The fraction of sp³-hybridized carbons (Fsp3) is 0.429. The highest BCUT2D eigenvalue weighted by atomic mass is 79.9. The Bertz CT molecular complexity index is 558. The molecule has 2 atom stereocenters. The van der Waals surface area contributed by atoms with Crippen molar-refractivity contribution in [2.45, 2.75) is 31.2 Å². The molecule has 1 aliphatic heterocycles. The Morgan fingerprint density at radius 1 is 1.52 bits per heavy atom. The van der Waals surface area contributed by atoms with Gasteiger partial charge in [-0.2, -0.15) is 0 Å². The largest absolute Gasteiger partial charge is 0.480 e. The zero-order chi connectivity index (χ0) is 15.4. The number of thioether (sulfide) groups is 1. The van der Waals surface area contributed by atoms with Gasteiger partial charge in [0.1, 0.15) is 6.04 Å². The number of thiophene rings is 1. The molecule has 1 aliphatic rings. The van der Waals surface area contributed by atoms with Crippen LogP contribution in [0.2, 0.25) is 0 Å². The molecule has 1 fully saturated rings. The van der Waals surface area contributed by atoms with Gasteiger partial charge in [0, 0.05) is 16.7 Å². The van der Waals surface area contributed by atoms with Crippen LogP contribution in [0.4, 0.5) is 0 Å². The fourth-order valence-corrected chi connectivity index (χ4v) is 5.02. The van der Waals surface area contributed by atoms with Gasteiger partial charge >= 0.3 is 5.97 Å². The highest BCUT2D eigenvalue weighted by Gasteiger charge is 2.40. The topological polar surface area (TPSA) is 57.6 Å². The lowest BCUT2D eigenvalue weighted by atomic mass is 10.2. The standard InChI is InChI=1S/C14H16BrNO3S2/c1-2-3-13-16(10(8-20-13)14(18)19)12(17)7-5-9-4-6-11(15)21-9/h4-7,10,13H,2-3,8H2,1H3,(H,18,19). The van der Waals surface area contributed by atoms with Crippen LogP contribution in [0, 0.1) is 0 Å². The van der Waals surface area contributed by atoms with Crippen molar-refractivity contribution < 1.29 is 14.7 Å². The summed E-state index contributed by atoms with van der Waals surface area (Å²) in [7, 11) is 0. The predicted octanol–water partition coefficient (Wildman–Crippen LogP) is 3.68. The number of carbonyl (C=O) groups is 2. The van der Waals surface area contributed by atoms with Gasteiger partial charge in [-0.05, 0) is 40.6 Å². The molecule has 2 heterocycles. The van der Waals surface area contributed by atoms with Crippen molar-refractivity contribution in [3.05, 3.63) is 26.9 Å². The lowest BCUT2D eigenvalue weighted by Gasteiger charge is -2.25. The molecule has 0 aromatic carbocycles. The highest BCUT2D eigenvalue weighted by Crippen LogP contribution is 2.32. The van der Waals surface area contributed by atoms with Crippen LogP contribution in [0.5, 0.6) is 0 Å². The number of rotatable bonds is 5. The third-order valence-corrected chi connectivity index (χ3v) is 6.10. The van der Waals surface area contributed by atoms with E-state index in [0.717, 1.165) is 21.5 Å². The number of hydrogen-bond donors (Lipinski definition) is 1. The summed E-state index contributed by atoms with van der Waals surface area (Å²) in [4.78, 5) is 26.2. The third kappa shape index (κ3) is 4.11. The maximum Gasteiger partial charge on any atom is 0.327 e. The van der Waals surface area contributed by atoms with Crippen LogP contribution in [0.3, 0.4) is 0 Å². The van der Waals surface area contributed by atoms with E-state index >= 15 is 0 Å². The molecular weight excluding hydrogens is 374 g/mol. The Morgan fingerprint density at radius 2 is 2.29 bits per heavy atom. The number of hydrogen-bond acceptors (Lipinski definition) is 4. The molecule has 1 saturated heterocycles. The van der Waals surface area contributed by atoms with Gasteiger partial charge in [0.05, 0.1) is 9.16 Å². The smallest absolute Gasteiger partial charge is 0.327 e. The van der Waals surface area contributed by atoms with Crippen LogP contribution in [0.15, 0.2) is 22.0 Å². The lowest BCUT2D eigenvalue weighted by Crippen LogP contribution is -2.44. The van der Waals surface area contributed by atoms with E-state index in [1.807, 2.05) is 19.1 Å². The van der Waals surface area contributed by atoms with Gasteiger partial charge in [-0.25, -0.2) is 4.79 Å². The van der Waals surface area contributed by atoms with Gasteiger partial charge in [-0.15, -0.1) is 23.1 Å². The van der Waals surface area contributed by atoms with Crippen molar-refractivity contribution in [2.75, 3.05) is 5.75 Å². The van der Waals surface area contributed by atoms with Gasteiger partial charge in [0.15, 0.2) is 0 Å². The average Bonchev–Trinajstić information content (AvgIpc) is 3.03. The fourth-order valence-electron chi connectivity index (χ4n) is 2.18. The van der Waals surface area contributed by atoms with E-state index in [9.17, 15) is 14.7 Å². The molecule has 1 aromatic rings. The zero-order valence-electron chi connectivity index (χ0n) is 11.5. The van der Waals surface area contributed by atoms with Crippen LogP contribution < -0.4 is 0 Å². The van der Waals surface area contributed by atoms with Crippen molar-refractivity contribution in [3.63, 3.8) is 0 Å². The summed E-state index contributed by atoms with van der Waals surface area (Å²) in [6.45, 7) is 2.04. The Kier molecular flexibility index (Phi) is 5.89. The Morgan fingerprint density at radius 3 is 2.86 bits per heavy atom. The first-order chi connectivity index (χ1) is 10.0. The minimum Gasteiger partial charge on any atom is -0.480 e. The SMILES string of the molecule is CCCC1SCC(C(=O)O)N1C(=O)C=Cc1ccc(Br)s1. The van der Waals surface area contributed by atoms with Gasteiger partial charge in [-0.1, -0.05) is 13.3 Å². The molecule has 1 amide bonds. The number of halogens is 1. The first-order valence-corrected chi connectivity index (χ1v) is 9.29. The van der Waals surface area contributed by atoms with Crippen molar-refractivity contribution in [2.24, 2.45) is 0 Å². The van der Waals surface area contributed by atoms with E-state index in [1.54, 1.807) is 17.8 Å². The second-order valence-electron chi connectivity index (χ2n) is 4.65. The molecule has 21 heavy (non-hydrogen) atoms. The Balaban J connectivity index is 2.12. The third-order valence-electron chi connectivity index (χ3n) is 3.15. The van der Waals surface area contributed by atoms with E-state index in [0.29, 0.717) is 5.75 Å². The van der Waals surface area contributed by atoms with Crippen molar-refractivity contribution >= 4 is 57.0 Å². The second-order valence-corrected chi connectivity index (χ2v) is 8.36. The molecule has 0 saturated carbocycles. The van der Waals surface area contributed by atoms with Crippen LogP contribution >= 0.6 is 39.0 Å². The molecular formula is C14H16BrNO3S2. The summed E-state index contributed by atoms with van der Waals surface area (Å²) in [5.74, 6) is -0.693. The van der Waals surface area contributed by atoms with Crippen LogP contribution in [0.1, 0.15) is 24.6 Å². The second kappa shape index (κ2) is 7.47. The molecule has 0 spiro atoms. The van der Waals surface area contributed by atoms with Gasteiger partial charge in [0.2, 0.25) is 5.91 Å². The molecule has 7 heteroatoms. The monoisotopic (exact) mass is 389 g/mol. The summed E-state index contributed by atoms with van der Waals surface area (Å²) in [6, 6.07) is 3.11. The Labute approximate surface area is 140 Å². The lowest BCUT2D eigenvalue weighted by molar-refractivity contribution is -0.147. The normalized spacial score (nSPS) is 22.1. The molecule has 1 aromatic heterocycles. The number of amides is 1. The minimum atomic E-state index is -0.929. The number of aliphatic carboxylic acids is 1. The van der Waals surface area contributed by atoms with Crippen LogP contribution in [-0.2, 0) is 9.59 Å². The van der Waals surface area contributed by atoms with Crippen molar-refractivity contribution in [3.8, 4) is 0 Å². The Hall–Kier alpha value is -0.790. The molecule has 0 bridgehead atoms. The first-order valence-electron chi connectivity index (χ1n) is 6.63. The molecule has 0 radical (unpaired) electrons. The first kappa shape index (κ1) is 16.6. The highest BCUT2D eigenvalue weighted by molar-refractivity contribution is 9.11. The van der Waals surface area contributed by atoms with E-state index in [4.69, 9.17) is 0 Å². The minimum absolute atomic E-state index is 0.0386. The van der Waals surface area contributed by atoms with E-state index < -0.39 is 12.0 Å². The van der Waals surface area contributed by atoms with Gasteiger partial charge < -0.3 is 10.0 Å². The number of carbonyl (C=O) groups excluding carboxylic acids is 1. The molecule has 1 N–H and O–H groups in total. The van der Waals surface area contributed by atoms with E-state index in [2.05, 4.69) is 15.9 Å². The molecule has 2 unspecified atom stereocenters. The number of carboxylic acids is 1. The summed E-state index contributed by atoms with van der Waals surface area (Å²) in [6.07, 6.45) is 4.96. The summed E-state index contributed by atoms with van der Waals surface area (Å²) < 4.78 is 0.999. The zero-order valence-corrected chi connectivity index (χ0v) is 14.7. The summed E-state index contributed by atoms with van der Waals surface area (Å²) in [5, 5.41) is 9.23. The summed E-state index contributed by atoms with van der Waals surface area (Å²) in [5.41, 5.74) is 0. The van der Waals surface area contributed by atoms with Crippen molar-refractivity contribution in [1.29, 1.82) is 0 Å². The predicted molar refractivity (Wildman–Crippen MR) is 90.5 cm³/mol. The summed E-state index contributed by atoms with van der Waals surface area (Å²) >= 11 is 6.45. The van der Waals surface area contributed by atoms with Gasteiger partial charge in [-0.3, -0.25) is 4.79 Å². The van der Waals surface area contributed by atoms with Crippen molar-refractivity contribution in [1.82, 2.24) is 4.90 Å². The van der Waals surface area contributed by atoms with Crippen LogP contribution in [-0.4, -0.2) is 39.1 Å². The van der Waals surface area contributed by atoms with Gasteiger partial charge in [0.25, 0.3) is 0 Å². The number of carboxylic acid groups (broad SMARTS) is 1. The average molecular weight is 390 g/mol. The molecule has 4 nitrogen and oxygen atoms in total. The van der Waals surface area contributed by atoms with E-state index in [1.165, 1.54) is 22.3 Å². The molecule has 0 aliphatic carbocycles. The quantitative estimate of drug-likeness (QED) is 0.780. The van der Waals surface area contributed by atoms with Crippen LogP contribution in [0.25, 0.3) is 6.08 Å². The maximum atomic E-state index is 12.4.